The van der Waals surface area contributed by atoms with Gasteiger partial charge in [-0.1, -0.05) is 30.3 Å². The maximum Gasteiger partial charge on any atom is 0.166 e. The van der Waals surface area contributed by atoms with Crippen molar-refractivity contribution < 1.29 is 13.9 Å². The average molecular weight is 258 g/mol. The number of benzene rings is 2. The van der Waals surface area contributed by atoms with Gasteiger partial charge in [0, 0.05) is 6.42 Å². The lowest BCUT2D eigenvalue weighted by molar-refractivity contribution is 0.0979. The average Bonchev–Trinajstić information content (AvgIpc) is 2.45. The van der Waals surface area contributed by atoms with E-state index in [2.05, 4.69) is 0 Å². The normalized spacial score (nSPS) is 10.2. The molecule has 0 aliphatic carbocycles. The molecule has 19 heavy (non-hydrogen) atoms. The van der Waals surface area contributed by atoms with Crippen LogP contribution in [0.4, 0.5) is 4.39 Å². The van der Waals surface area contributed by atoms with Gasteiger partial charge in [0.2, 0.25) is 0 Å². The minimum Gasteiger partial charge on any atom is -0.496 e. The van der Waals surface area contributed by atoms with Gasteiger partial charge in [-0.3, -0.25) is 4.79 Å². The van der Waals surface area contributed by atoms with Crippen molar-refractivity contribution in [3.63, 3.8) is 0 Å². The fourth-order valence-electron chi connectivity index (χ4n) is 1.98. The third-order valence-electron chi connectivity index (χ3n) is 2.99. The van der Waals surface area contributed by atoms with E-state index in [9.17, 15) is 9.18 Å². The van der Waals surface area contributed by atoms with Crippen molar-refractivity contribution in [3.05, 3.63) is 65.5 Å². The molecule has 0 amide bonds. The summed E-state index contributed by atoms with van der Waals surface area (Å²) in [5.41, 5.74) is 1.10. The zero-order valence-electron chi connectivity index (χ0n) is 10.7. The van der Waals surface area contributed by atoms with Crippen molar-refractivity contribution in [1.82, 2.24) is 0 Å². The molecule has 0 radical (unpaired) electrons. The molecule has 0 aliphatic rings. The first-order chi connectivity index (χ1) is 9.22. The molecule has 2 aromatic carbocycles. The van der Waals surface area contributed by atoms with E-state index in [1.165, 1.54) is 12.1 Å². The van der Waals surface area contributed by atoms with Gasteiger partial charge in [0.05, 0.1) is 12.7 Å². The highest BCUT2D eigenvalue weighted by molar-refractivity contribution is 5.96. The summed E-state index contributed by atoms with van der Waals surface area (Å²) in [5.74, 6) is 0.0976. The van der Waals surface area contributed by atoms with E-state index in [4.69, 9.17) is 4.74 Å². The van der Waals surface area contributed by atoms with Crippen molar-refractivity contribution in [2.75, 3.05) is 7.11 Å². The van der Waals surface area contributed by atoms with Crippen LogP contribution in [-0.4, -0.2) is 12.9 Å². The summed E-state index contributed by atoms with van der Waals surface area (Å²) in [5, 5.41) is 0. The maximum atomic E-state index is 13.5. The van der Waals surface area contributed by atoms with Crippen molar-refractivity contribution >= 4 is 5.78 Å². The fraction of sp³-hybridized carbons (Fsp3) is 0.188. The summed E-state index contributed by atoms with van der Waals surface area (Å²) >= 11 is 0. The molecule has 0 bridgehead atoms. The molecule has 0 unspecified atom stereocenters. The van der Waals surface area contributed by atoms with E-state index < -0.39 is 5.82 Å². The molecular weight excluding hydrogens is 243 g/mol. The predicted octanol–water partition coefficient (Wildman–Crippen LogP) is 3.65. The molecule has 0 spiro atoms. The van der Waals surface area contributed by atoms with Crippen LogP contribution in [0.5, 0.6) is 5.75 Å². The predicted molar refractivity (Wildman–Crippen MR) is 72.0 cm³/mol. The summed E-state index contributed by atoms with van der Waals surface area (Å²) in [7, 11) is 1.59. The zero-order valence-corrected chi connectivity index (χ0v) is 10.7. The Labute approximate surface area is 111 Å². The SMILES string of the molecule is COc1ccccc1CCC(=O)c1ccccc1F. The molecule has 3 heteroatoms. The molecule has 2 rings (SSSR count). The molecule has 0 fully saturated rings. The number of para-hydroxylation sites is 1. The first kappa shape index (κ1) is 13.3. The van der Waals surface area contributed by atoms with Gasteiger partial charge in [0.15, 0.2) is 5.78 Å². The number of aryl methyl sites for hydroxylation is 1. The highest BCUT2D eigenvalue weighted by atomic mass is 19.1. The molecule has 98 valence electrons. The molecule has 0 N–H and O–H groups in total. The zero-order chi connectivity index (χ0) is 13.7. The Bertz CT molecular complexity index is 578. The quantitative estimate of drug-likeness (QED) is 0.765. The monoisotopic (exact) mass is 258 g/mol. The van der Waals surface area contributed by atoms with Gasteiger partial charge in [0.1, 0.15) is 11.6 Å². The van der Waals surface area contributed by atoms with E-state index in [0.717, 1.165) is 11.3 Å². The molecule has 2 nitrogen and oxygen atoms in total. The number of halogens is 1. The van der Waals surface area contributed by atoms with Gasteiger partial charge >= 0.3 is 0 Å². The van der Waals surface area contributed by atoms with Crippen molar-refractivity contribution in [2.24, 2.45) is 0 Å². The van der Waals surface area contributed by atoms with Crippen LogP contribution in [0.25, 0.3) is 0 Å². The highest BCUT2D eigenvalue weighted by Gasteiger charge is 2.12. The third kappa shape index (κ3) is 3.19. The van der Waals surface area contributed by atoms with E-state index >= 15 is 0 Å². The van der Waals surface area contributed by atoms with E-state index in [0.29, 0.717) is 6.42 Å². The van der Waals surface area contributed by atoms with Crippen LogP contribution in [0.15, 0.2) is 48.5 Å². The topological polar surface area (TPSA) is 26.3 Å². The van der Waals surface area contributed by atoms with Gasteiger partial charge in [0.25, 0.3) is 0 Å². The van der Waals surface area contributed by atoms with Gasteiger partial charge in [-0.2, -0.15) is 0 Å². The Balaban J connectivity index is 2.07. The van der Waals surface area contributed by atoms with Gasteiger partial charge in [-0.25, -0.2) is 4.39 Å². The second-order valence-electron chi connectivity index (χ2n) is 4.21. The molecule has 0 aliphatic heterocycles. The molecule has 0 saturated carbocycles. The van der Waals surface area contributed by atoms with Gasteiger partial charge < -0.3 is 4.74 Å². The highest BCUT2D eigenvalue weighted by Crippen LogP contribution is 2.20. The van der Waals surface area contributed by atoms with Crippen LogP contribution >= 0.6 is 0 Å². The summed E-state index contributed by atoms with van der Waals surface area (Å²) < 4.78 is 18.7. The van der Waals surface area contributed by atoms with Gasteiger partial charge in [-0.05, 0) is 30.2 Å². The molecular formula is C16H15FO2. The third-order valence-corrected chi connectivity index (χ3v) is 2.99. The number of Topliss-reactive ketones (excluding diaryl/α,β-unsaturated/α-hetero) is 1. The molecule has 0 heterocycles. The van der Waals surface area contributed by atoms with Gasteiger partial charge in [-0.15, -0.1) is 0 Å². The van der Waals surface area contributed by atoms with Crippen LogP contribution in [0.3, 0.4) is 0 Å². The first-order valence-electron chi connectivity index (χ1n) is 6.12. The molecule has 0 aromatic heterocycles. The van der Waals surface area contributed by atoms with Crippen LogP contribution < -0.4 is 4.74 Å². The second kappa shape index (κ2) is 6.14. The Morgan fingerprint density at radius 3 is 2.53 bits per heavy atom. The first-order valence-corrected chi connectivity index (χ1v) is 6.12. The Hall–Kier alpha value is -2.16. The fourth-order valence-corrected chi connectivity index (χ4v) is 1.98. The Morgan fingerprint density at radius 1 is 1.11 bits per heavy atom. The molecule has 2 aromatic rings. The summed E-state index contributed by atoms with van der Waals surface area (Å²) in [6.45, 7) is 0. The van der Waals surface area contributed by atoms with Crippen molar-refractivity contribution in [2.45, 2.75) is 12.8 Å². The number of ketones is 1. The van der Waals surface area contributed by atoms with Crippen LogP contribution in [0.1, 0.15) is 22.3 Å². The Kier molecular flexibility index (Phi) is 4.29. The minimum atomic E-state index is -0.465. The summed E-state index contributed by atoms with van der Waals surface area (Å²) in [6, 6.07) is 13.6. The number of carbonyl (C=O) groups excluding carboxylic acids is 1. The van der Waals surface area contributed by atoms with Crippen LogP contribution in [-0.2, 0) is 6.42 Å². The lowest BCUT2D eigenvalue weighted by Gasteiger charge is -2.07. The van der Waals surface area contributed by atoms with E-state index in [-0.39, 0.29) is 17.8 Å². The number of hydrogen-bond donors (Lipinski definition) is 0. The van der Waals surface area contributed by atoms with E-state index in [1.54, 1.807) is 19.2 Å². The number of hydrogen-bond acceptors (Lipinski definition) is 2. The number of methoxy groups -OCH3 is 1. The maximum absolute atomic E-state index is 13.5. The number of carbonyl (C=O) groups is 1. The van der Waals surface area contributed by atoms with Crippen LogP contribution in [0.2, 0.25) is 0 Å². The lowest BCUT2D eigenvalue weighted by Crippen LogP contribution is -2.04. The number of ether oxygens (including phenoxy) is 1. The molecule has 0 saturated heterocycles. The standard InChI is InChI=1S/C16H15FO2/c1-19-16-9-5-2-6-12(16)10-11-15(18)13-7-3-4-8-14(13)17/h2-9H,10-11H2,1H3. The summed E-state index contributed by atoms with van der Waals surface area (Å²) in [6.07, 6.45) is 0.804. The second-order valence-corrected chi connectivity index (χ2v) is 4.21. The molecule has 0 atom stereocenters. The largest absolute Gasteiger partial charge is 0.496 e. The lowest BCUT2D eigenvalue weighted by atomic mass is 10.0. The van der Waals surface area contributed by atoms with Crippen molar-refractivity contribution in [1.29, 1.82) is 0 Å². The van der Waals surface area contributed by atoms with E-state index in [1.807, 2.05) is 24.3 Å². The number of rotatable bonds is 5. The Morgan fingerprint density at radius 2 is 1.79 bits per heavy atom. The van der Waals surface area contributed by atoms with Crippen LogP contribution in [0, 0.1) is 5.82 Å². The minimum absolute atomic E-state index is 0.150. The van der Waals surface area contributed by atoms with Crippen molar-refractivity contribution in [3.8, 4) is 5.75 Å². The smallest absolute Gasteiger partial charge is 0.166 e. The summed E-state index contributed by atoms with van der Waals surface area (Å²) in [4.78, 5) is 12.0.